The van der Waals surface area contributed by atoms with Crippen LogP contribution in [0.1, 0.15) is 50.3 Å². The Kier molecular flexibility index (Phi) is 7.63. The molecule has 41 heavy (non-hydrogen) atoms. The van der Waals surface area contributed by atoms with E-state index in [1.165, 1.54) is 0 Å². The predicted molar refractivity (Wildman–Crippen MR) is 157 cm³/mol. The third kappa shape index (κ3) is 6.34. The number of carbonyl (C=O) groups excluding carboxylic acids is 1. The first-order valence-corrected chi connectivity index (χ1v) is 14.5. The van der Waals surface area contributed by atoms with Crippen molar-refractivity contribution in [2.24, 2.45) is 5.10 Å². The quantitative estimate of drug-likeness (QED) is 0.574. The number of benzene rings is 2. The second-order valence-electron chi connectivity index (χ2n) is 12.0. The summed E-state index contributed by atoms with van der Waals surface area (Å²) >= 11 is 0. The topological polar surface area (TPSA) is 90.9 Å². The van der Waals surface area contributed by atoms with E-state index in [9.17, 15) is 4.79 Å². The first kappa shape index (κ1) is 27.6. The number of hydrogen-bond acceptors (Lipinski definition) is 9. The molecule has 2 fully saturated rings. The Morgan fingerprint density at radius 3 is 2.54 bits per heavy atom. The number of rotatable bonds is 5. The number of ether oxygens (including phenoxy) is 3. The number of likely N-dealkylation sites (tertiary alicyclic amines) is 1. The Morgan fingerprint density at radius 2 is 1.76 bits per heavy atom. The molecule has 0 bridgehead atoms. The number of nitrogens with one attached hydrogen (secondary N) is 2. The van der Waals surface area contributed by atoms with Crippen molar-refractivity contribution in [1.29, 1.82) is 0 Å². The molecule has 218 valence electrons. The molecule has 1 amide bonds. The third-order valence-corrected chi connectivity index (χ3v) is 7.87. The highest BCUT2D eigenvalue weighted by Gasteiger charge is 2.41. The average Bonchev–Trinajstić information content (AvgIpc) is 3.45. The van der Waals surface area contributed by atoms with E-state index in [0.29, 0.717) is 25.9 Å². The Bertz CT molecular complexity index is 1320. The molecule has 2 N–H and O–H groups in total. The van der Waals surface area contributed by atoms with Gasteiger partial charge < -0.3 is 19.1 Å². The van der Waals surface area contributed by atoms with Crippen molar-refractivity contribution in [3.63, 3.8) is 0 Å². The third-order valence-electron chi connectivity index (χ3n) is 7.87. The zero-order chi connectivity index (χ0) is 28.5. The van der Waals surface area contributed by atoms with E-state index in [1.54, 1.807) is 4.90 Å². The van der Waals surface area contributed by atoms with Gasteiger partial charge in [0.05, 0.1) is 19.8 Å². The van der Waals surface area contributed by atoms with Crippen LogP contribution in [0.5, 0.6) is 5.75 Å². The highest BCUT2D eigenvalue weighted by Crippen LogP contribution is 2.43. The summed E-state index contributed by atoms with van der Waals surface area (Å²) in [5.74, 6) is 1.66. The van der Waals surface area contributed by atoms with Crippen LogP contribution in [0.4, 0.5) is 4.79 Å². The van der Waals surface area contributed by atoms with Gasteiger partial charge in [-0.15, -0.1) is 10.2 Å². The van der Waals surface area contributed by atoms with E-state index in [0.717, 1.165) is 73.2 Å². The Labute approximate surface area is 241 Å². The van der Waals surface area contributed by atoms with Gasteiger partial charge in [0.1, 0.15) is 17.0 Å². The van der Waals surface area contributed by atoms with Crippen molar-refractivity contribution >= 4 is 17.5 Å². The molecule has 6 rings (SSSR count). The van der Waals surface area contributed by atoms with Crippen LogP contribution in [0.15, 0.2) is 59.7 Å². The molecule has 10 nitrogen and oxygen atoms in total. The number of amidine groups is 1. The average molecular weight is 561 g/mol. The minimum absolute atomic E-state index is 0.266. The summed E-state index contributed by atoms with van der Waals surface area (Å²) in [7, 11) is 0. The summed E-state index contributed by atoms with van der Waals surface area (Å²) < 4.78 is 17.7. The number of hydrazine groups is 2. The summed E-state index contributed by atoms with van der Waals surface area (Å²) in [4.78, 5) is 16.9. The van der Waals surface area contributed by atoms with Crippen molar-refractivity contribution in [2.75, 3.05) is 52.5 Å². The fourth-order valence-electron chi connectivity index (χ4n) is 5.67. The van der Waals surface area contributed by atoms with Crippen molar-refractivity contribution < 1.29 is 19.0 Å². The largest absolute Gasteiger partial charge is 0.482 e. The zero-order valence-electron chi connectivity index (χ0n) is 24.2. The molecular weight excluding hydrogens is 520 g/mol. The normalized spacial score (nSPS) is 20.8. The van der Waals surface area contributed by atoms with Gasteiger partial charge in [-0.3, -0.25) is 10.3 Å². The van der Waals surface area contributed by atoms with E-state index < -0.39 is 11.2 Å². The number of morpholine rings is 1. The molecule has 2 aromatic rings. The molecule has 4 aliphatic heterocycles. The number of fused-ring (bicyclic) bond motifs is 1. The lowest BCUT2D eigenvalue weighted by Gasteiger charge is -2.43. The lowest BCUT2D eigenvalue weighted by Crippen LogP contribution is -2.50. The van der Waals surface area contributed by atoms with Crippen molar-refractivity contribution in [2.45, 2.75) is 44.8 Å². The summed E-state index contributed by atoms with van der Waals surface area (Å²) in [6, 6.07) is 16.7. The first-order valence-electron chi connectivity index (χ1n) is 14.5. The number of nitrogens with zero attached hydrogens (tertiary/aromatic N) is 4. The van der Waals surface area contributed by atoms with Crippen LogP contribution < -0.4 is 15.7 Å². The van der Waals surface area contributed by atoms with E-state index >= 15 is 0 Å². The number of hydrazone groups is 1. The predicted octanol–water partition coefficient (Wildman–Crippen LogP) is 3.60. The molecule has 4 aliphatic rings. The highest BCUT2D eigenvalue weighted by molar-refractivity contribution is 6.00. The van der Waals surface area contributed by atoms with Gasteiger partial charge in [0.15, 0.2) is 5.84 Å². The SMILES string of the molecule is CC(C)(C)OC(=O)N1CCC2(C=C(c3cccc(C4=NNN(CCN5CCOCC5)N4)c3)c3ccccc3O2)CC1. The van der Waals surface area contributed by atoms with Gasteiger partial charge in [0, 0.05) is 56.7 Å². The van der Waals surface area contributed by atoms with Crippen LogP contribution >= 0.6 is 0 Å². The monoisotopic (exact) mass is 560 g/mol. The molecule has 0 radical (unpaired) electrons. The minimum Gasteiger partial charge on any atom is -0.482 e. The number of para-hydroxylation sites is 1. The zero-order valence-corrected chi connectivity index (χ0v) is 24.2. The Hall–Kier alpha value is -3.60. The van der Waals surface area contributed by atoms with Gasteiger partial charge in [0.25, 0.3) is 0 Å². The molecule has 1 spiro atoms. The standard InChI is InChI=1S/C31H40N6O4/c1-30(2,3)41-29(38)36-13-11-31(12-14-36)22-26(25-9-4-5-10-27(25)40-31)23-7-6-8-24(21-23)28-32-34-37(33-28)16-15-35-17-19-39-20-18-35/h4-10,21-22,34H,11-20H2,1-3H3,(H,32,33). The molecule has 2 aromatic carbocycles. The van der Waals surface area contributed by atoms with Gasteiger partial charge >= 0.3 is 6.09 Å². The molecule has 0 atom stereocenters. The molecule has 0 unspecified atom stereocenters. The Morgan fingerprint density at radius 1 is 1.00 bits per heavy atom. The van der Waals surface area contributed by atoms with Crippen LogP contribution in [0.25, 0.3) is 5.57 Å². The smallest absolute Gasteiger partial charge is 0.410 e. The highest BCUT2D eigenvalue weighted by atomic mass is 16.6. The van der Waals surface area contributed by atoms with E-state index in [-0.39, 0.29) is 6.09 Å². The fourth-order valence-corrected chi connectivity index (χ4v) is 5.67. The second kappa shape index (κ2) is 11.3. The number of piperidine rings is 1. The van der Waals surface area contributed by atoms with Gasteiger partial charge in [-0.05, 0) is 50.1 Å². The molecule has 4 heterocycles. The van der Waals surface area contributed by atoms with Gasteiger partial charge in [-0.25, -0.2) is 10.3 Å². The lowest BCUT2D eigenvalue weighted by molar-refractivity contribution is -0.00116. The summed E-state index contributed by atoms with van der Waals surface area (Å²) in [5, 5.41) is 6.48. The lowest BCUT2D eigenvalue weighted by atomic mass is 9.82. The number of hydrogen-bond donors (Lipinski definition) is 2. The molecule has 2 saturated heterocycles. The molecular formula is C31H40N6O4. The van der Waals surface area contributed by atoms with Crippen LogP contribution in [-0.4, -0.2) is 90.5 Å². The van der Waals surface area contributed by atoms with E-state index in [1.807, 2.05) is 44.1 Å². The van der Waals surface area contributed by atoms with E-state index in [4.69, 9.17) is 14.2 Å². The van der Waals surface area contributed by atoms with Crippen LogP contribution in [0, 0.1) is 0 Å². The maximum atomic E-state index is 12.7. The van der Waals surface area contributed by atoms with Crippen LogP contribution in [0.2, 0.25) is 0 Å². The van der Waals surface area contributed by atoms with Gasteiger partial charge in [0.2, 0.25) is 0 Å². The second-order valence-corrected chi connectivity index (χ2v) is 12.0. The van der Waals surface area contributed by atoms with Gasteiger partial charge in [-0.2, -0.15) is 0 Å². The molecule has 0 aromatic heterocycles. The van der Waals surface area contributed by atoms with Crippen LogP contribution in [0.3, 0.4) is 0 Å². The minimum atomic E-state index is -0.516. The summed E-state index contributed by atoms with van der Waals surface area (Å²) in [6.07, 6.45) is 3.38. The van der Waals surface area contributed by atoms with Crippen molar-refractivity contribution in [3.8, 4) is 5.75 Å². The van der Waals surface area contributed by atoms with Crippen molar-refractivity contribution in [3.05, 3.63) is 71.3 Å². The number of carbonyl (C=O) groups is 1. The van der Waals surface area contributed by atoms with E-state index in [2.05, 4.69) is 57.4 Å². The Balaban J connectivity index is 1.18. The maximum absolute atomic E-state index is 12.7. The summed E-state index contributed by atoms with van der Waals surface area (Å²) in [5.41, 5.74) is 9.81. The molecule has 0 aliphatic carbocycles. The fraction of sp³-hybridized carbons (Fsp3) is 0.484. The van der Waals surface area contributed by atoms with Crippen molar-refractivity contribution in [1.82, 2.24) is 25.9 Å². The van der Waals surface area contributed by atoms with Gasteiger partial charge in [-0.1, -0.05) is 36.4 Å². The molecule has 10 heteroatoms. The molecule has 0 saturated carbocycles. The van der Waals surface area contributed by atoms with Crippen LogP contribution in [-0.2, 0) is 9.47 Å². The maximum Gasteiger partial charge on any atom is 0.410 e. The summed E-state index contributed by atoms with van der Waals surface area (Å²) in [6.45, 7) is 12.1. The number of amides is 1. The first-order chi connectivity index (χ1) is 19.8.